The Hall–Kier alpha value is -0.890. The van der Waals surface area contributed by atoms with E-state index in [0.717, 1.165) is 12.0 Å². The molecule has 0 atom stereocenters. The van der Waals surface area contributed by atoms with E-state index in [1.165, 1.54) is 12.1 Å². The van der Waals surface area contributed by atoms with Crippen molar-refractivity contribution in [3.63, 3.8) is 0 Å². The first-order valence-electron chi connectivity index (χ1n) is 4.39. The SMILES string of the molecule is C[N-]C(C)(C)Cc1ccc(F)cc1. The number of hydrogen-bond donors (Lipinski definition) is 0. The second kappa shape index (κ2) is 3.88. The molecular weight excluding hydrogens is 165 g/mol. The van der Waals surface area contributed by atoms with Gasteiger partial charge in [0.2, 0.25) is 0 Å². The van der Waals surface area contributed by atoms with Gasteiger partial charge < -0.3 is 5.32 Å². The Bertz CT molecular complexity index is 264. The lowest BCUT2D eigenvalue weighted by Crippen LogP contribution is -2.20. The third-order valence-corrected chi connectivity index (χ3v) is 2.16. The summed E-state index contributed by atoms with van der Waals surface area (Å²) < 4.78 is 12.6. The van der Waals surface area contributed by atoms with E-state index in [-0.39, 0.29) is 11.4 Å². The molecule has 1 aromatic carbocycles. The second-order valence-corrected chi connectivity index (χ2v) is 3.84. The third-order valence-electron chi connectivity index (χ3n) is 2.16. The Morgan fingerprint density at radius 3 is 2.23 bits per heavy atom. The predicted octanol–water partition coefficient (Wildman–Crippen LogP) is 3.15. The molecule has 0 heterocycles. The highest BCUT2D eigenvalue weighted by Crippen LogP contribution is 2.19. The maximum absolute atomic E-state index is 12.6. The van der Waals surface area contributed by atoms with Crippen molar-refractivity contribution < 1.29 is 4.39 Å². The summed E-state index contributed by atoms with van der Waals surface area (Å²) in [6, 6.07) is 6.59. The standard InChI is InChI=1S/C11H15FN/c1-11(2,13-3)8-9-4-6-10(12)7-5-9/h4-7H,8H2,1-3H3/q-1. The summed E-state index contributed by atoms with van der Waals surface area (Å²) in [7, 11) is 1.81. The Balaban J connectivity index is 2.69. The van der Waals surface area contributed by atoms with Crippen LogP contribution in [0.4, 0.5) is 4.39 Å². The van der Waals surface area contributed by atoms with Crippen LogP contribution in [0.1, 0.15) is 19.4 Å². The van der Waals surface area contributed by atoms with E-state index >= 15 is 0 Å². The fourth-order valence-corrected chi connectivity index (χ4v) is 1.18. The van der Waals surface area contributed by atoms with Crippen LogP contribution in [0.3, 0.4) is 0 Å². The molecule has 0 spiro atoms. The number of hydrogen-bond acceptors (Lipinski definition) is 0. The predicted molar refractivity (Wildman–Crippen MR) is 53.5 cm³/mol. The average molecular weight is 180 g/mol. The fraction of sp³-hybridized carbons (Fsp3) is 0.455. The molecule has 0 aliphatic heterocycles. The summed E-state index contributed by atoms with van der Waals surface area (Å²) in [6.07, 6.45) is 0.851. The monoisotopic (exact) mass is 180 g/mol. The highest BCUT2D eigenvalue weighted by Gasteiger charge is 2.05. The van der Waals surface area contributed by atoms with E-state index in [0.29, 0.717) is 0 Å². The van der Waals surface area contributed by atoms with Gasteiger partial charge in [0, 0.05) is 0 Å². The minimum absolute atomic E-state index is 0.0577. The van der Waals surface area contributed by atoms with Gasteiger partial charge in [-0.05, 0) is 24.1 Å². The highest BCUT2D eigenvalue weighted by molar-refractivity contribution is 5.20. The maximum Gasteiger partial charge on any atom is 0.123 e. The van der Waals surface area contributed by atoms with Gasteiger partial charge in [0.1, 0.15) is 5.82 Å². The molecule has 0 aromatic heterocycles. The molecule has 0 saturated carbocycles. The lowest BCUT2D eigenvalue weighted by molar-refractivity contribution is 0.582. The molecule has 1 rings (SSSR count). The third kappa shape index (κ3) is 3.15. The molecule has 0 saturated heterocycles. The molecule has 0 N–H and O–H groups in total. The van der Waals surface area contributed by atoms with Gasteiger partial charge in [-0.2, -0.15) is 7.05 Å². The molecule has 0 aliphatic carbocycles. The smallest absolute Gasteiger partial charge is 0.123 e. The van der Waals surface area contributed by atoms with Gasteiger partial charge >= 0.3 is 0 Å². The van der Waals surface area contributed by atoms with Crippen molar-refractivity contribution in [3.05, 3.63) is 41.0 Å². The molecule has 0 amide bonds. The molecule has 0 aliphatic rings. The molecule has 0 bridgehead atoms. The van der Waals surface area contributed by atoms with Crippen LogP contribution in [0.25, 0.3) is 5.32 Å². The van der Waals surface area contributed by atoms with Crippen LogP contribution in [0.15, 0.2) is 24.3 Å². The van der Waals surface area contributed by atoms with Crippen LogP contribution < -0.4 is 0 Å². The molecule has 72 valence electrons. The number of rotatable bonds is 3. The van der Waals surface area contributed by atoms with Crippen molar-refractivity contribution >= 4 is 0 Å². The fourth-order valence-electron chi connectivity index (χ4n) is 1.18. The Morgan fingerprint density at radius 1 is 1.23 bits per heavy atom. The first kappa shape index (κ1) is 10.2. The van der Waals surface area contributed by atoms with Crippen molar-refractivity contribution in [1.82, 2.24) is 0 Å². The van der Waals surface area contributed by atoms with Gasteiger partial charge in [-0.25, -0.2) is 4.39 Å². The normalized spacial score (nSPS) is 11.7. The quantitative estimate of drug-likeness (QED) is 0.678. The number of benzene rings is 1. The van der Waals surface area contributed by atoms with Gasteiger partial charge in [-0.1, -0.05) is 26.0 Å². The van der Waals surface area contributed by atoms with Crippen LogP contribution >= 0.6 is 0 Å². The molecule has 0 unspecified atom stereocenters. The second-order valence-electron chi connectivity index (χ2n) is 3.84. The van der Waals surface area contributed by atoms with Gasteiger partial charge in [-0.15, -0.1) is 5.54 Å². The van der Waals surface area contributed by atoms with Crippen molar-refractivity contribution in [3.8, 4) is 0 Å². The minimum Gasteiger partial charge on any atom is -0.660 e. The van der Waals surface area contributed by atoms with Crippen LogP contribution in [0.2, 0.25) is 0 Å². The van der Waals surface area contributed by atoms with Gasteiger partial charge in [0.05, 0.1) is 0 Å². The van der Waals surface area contributed by atoms with E-state index < -0.39 is 0 Å². The molecule has 2 heteroatoms. The summed E-state index contributed by atoms with van der Waals surface area (Å²) in [4.78, 5) is 0. The van der Waals surface area contributed by atoms with E-state index in [1.807, 2.05) is 19.2 Å². The Kier molecular flexibility index (Phi) is 3.04. The summed E-state index contributed by atoms with van der Waals surface area (Å²) in [5, 5.41) is 4.24. The van der Waals surface area contributed by atoms with Crippen molar-refractivity contribution in [2.75, 3.05) is 7.05 Å². The minimum atomic E-state index is -0.185. The molecule has 0 radical (unpaired) electrons. The number of likely N-dealkylation sites (N-methyl/N-ethyl adjacent to an activating group) is 1. The van der Waals surface area contributed by atoms with Crippen LogP contribution in [0.5, 0.6) is 0 Å². The molecule has 0 fully saturated rings. The summed E-state index contributed by atoms with van der Waals surface area (Å²) in [5.41, 5.74) is 1.06. The Labute approximate surface area is 79.0 Å². The van der Waals surface area contributed by atoms with Crippen LogP contribution in [-0.2, 0) is 6.42 Å². The zero-order valence-electron chi connectivity index (χ0n) is 8.34. The molecule has 13 heavy (non-hydrogen) atoms. The molecular formula is C11H15FN-. The Morgan fingerprint density at radius 2 is 1.77 bits per heavy atom. The molecule has 1 aromatic rings. The van der Waals surface area contributed by atoms with Crippen LogP contribution in [-0.4, -0.2) is 12.6 Å². The maximum atomic E-state index is 12.6. The lowest BCUT2D eigenvalue weighted by atomic mass is 9.95. The first-order valence-corrected chi connectivity index (χ1v) is 4.39. The number of nitrogens with zero attached hydrogens (tertiary/aromatic N) is 1. The largest absolute Gasteiger partial charge is 0.660 e. The summed E-state index contributed by atoms with van der Waals surface area (Å²) in [5.74, 6) is -0.185. The van der Waals surface area contributed by atoms with Gasteiger partial charge in [0.15, 0.2) is 0 Å². The van der Waals surface area contributed by atoms with Gasteiger partial charge in [0.25, 0.3) is 0 Å². The zero-order chi connectivity index (χ0) is 9.90. The summed E-state index contributed by atoms with van der Waals surface area (Å²) in [6.45, 7) is 4.13. The van der Waals surface area contributed by atoms with Crippen molar-refractivity contribution in [2.24, 2.45) is 0 Å². The zero-order valence-corrected chi connectivity index (χ0v) is 8.34. The van der Waals surface area contributed by atoms with E-state index in [9.17, 15) is 4.39 Å². The van der Waals surface area contributed by atoms with Crippen molar-refractivity contribution in [1.29, 1.82) is 0 Å². The first-order chi connectivity index (χ1) is 6.03. The summed E-state index contributed by atoms with van der Waals surface area (Å²) >= 11 is 0. The van der Waals surface area contributed by atoms with E-state index in [4.69, 9.17) is 0 Å². The van der Waals surface area contributed by atoms with E-state index in [2.05, 4.69) is 19.2 Å². The lowest BCUT2D eigenvalue weighted by Gasteiger charge is -2.37. The van der Waals surface area contributed by atoms with Crippen molar-refractivity contribution in [2.45, 2.75) is 25.8 Å². The molecule has 1 nitrogen and oxygen atoms in total. The topological polar surface area (TPSA) is 14.1 Å². The highest BCUT2D eigenvalue weighted by atomic mass is 19.1. The van der Waals surface area contributed by atoms with Gasteiger partial charge in [-0.3, -0.25) is 0 Å². The average Bonchev–Trinajstić information content (AvgIpc) is 2.09. The van der Waals surface area contributed by atoms with Crippen LogP contribution in [0, 0.1) is 5.82 Å². The van der Waals surface area contributed by atoms with E-state index in [1.54, 1.807) is 0 Å². The number of halogens is 1.